The lowest BCUT2D eigenvalue weighted by Crippen LogP contribution is -2.30. The van der Waals surface area contributed by atoms with E-state index in [1.807, 2.05) is 13.0 Å². The Balaban J connectivity index is 2.19. The minimum atomic E-state index is -0.0738. The molecule has 1 aliphatic heterocycles. The maximum Gasteiger partial charge on any atom is 0.254 e. The van der Waals surface area contributed by atoms with E-state index in [4.69, 9.17) is 15.2 Å². The minimum absolute atomic E-state index is 0.0219. The van der Waals surface area contributed by atoms with Crippen LogP contribution in [0.3, 0.4) is 0 Å². The van der Waals surface area contributed by atoms with Gasteiger partial charge in [0.15, 0.2) is 0 Å². The first-order chi connectivity index (χ1) is 9.06. The van der Waals surface area contributed by atoms with Gasteiger partial charge in [0.25, 0.3) is 5.91 Å². The van der Waals surface area contributed by atoms with Crippen LogP contribution in [0.2, 0.25) is 0 Å². The van der Waals surface area contributed by atoms with Gasteiger partial charge in [-0.1, -0.05) is 6.07 Å². The second-order valence-electron chi connectivity index (χ2n) is 4.83. The molecule has 2 N–H and O–H groups in total. The fourth-order valence-corrected chi connectivity index (χ4v) is 2.40. The fourth-order valence-electron chi connectivity index (χ4n) is 2.40. The molecular formula is C14H20N2O3. The van der Waals surface area contributed by atoms with E-state index >= 15 is 0 Å². The average molecular weight is 264 g/mol. The quantitative estimate of drug-likeness (QED) is 0.829. The standard InChI is InChI=1S/C14H20N2O3/c1-9-4-5-10(15)6-11(9)14(17)16-7-12(18-2)13(8-16)19-3/h4-6,12-13H,7-8,15H2,1-3H3. The first-order valence-electron chi connectivity index (χ1n) is 6.27. The molecule has 1 heterocycles. The number of likely N-dealkylation sites (tertiary alicyclic amines) is 1. The molecule has 104 valence electrons. The largest absolute Gasteiger partial charge is 0.399 e. The number of methoxy groups -OCH3 is 2. The van der Waals surface area contributed by atoms with E-state index in [2.05, 4.69) is 0 Å². The number of nitrogens with two attached hydrogens (primary N) is 1. The van der Waals surface area contributed by atoms with Crippen LogP contribution in [0.5, 0.6) is 0 Å². The summed E-state index contributed by atoms with van der Waals surface area (Å²) in [7, 11) is 3.27. The fraction of sp³-hybridized carbons (Fsp3) is 0.500. The van der Waals surface area contributed by atoms with E-state index in [0.29, 0.717) is 24.3 Å². The predicted molar refractivity (Wildman–Crippen MR) is 73.1 cm³/mol. The number of ether oxygens (including phenoxy) is 2. The zero-order valence-corrected chi connectivity index (χ0v) is 11.6. The van der Waals surface area contributed by atoms with E-state index in [0.717, 1.165) is 5.56 Å². The lowest BCUT2D eigenvalue weighted by atomic mass is 10.1. The highest BCUT2D eigenvalue weighted by Crippen LogP contribution is 2.21. The third-order valence-corrected chi connectivity index (χ3v) is 3.60. The molecule has 2 unspecified atom stereocenters. The number of anilines is 1. The first kappa shape index (κ1) is 13.8. The monoisotopic (exact) mass is 264 g/mol. The van der Waals surface area contributed by atoms with E-state index < -0.39 is 0 Å². The number of benzene rings is 1. The number of rotatable bonds is 3. The van der Waals surface area contributed by atoms with Crippen LogP contribution in [0.25, 0.3) is 0 Å². The van der Waals surface area contributed by atoms with Crippen molar-refractivity contribution in [3.05, 3.63) is 29.3 Å². The molecule has 1 fully saturated rings. The summed E-state index contributed by atoms with van der Waals surface area (Å²) >= 11 is 0. The lowest BCUT2D eigenvalue weighted by molar-refractivity contribution is -0.00461. The zero-order chi connectivity index (χ0) is 14.0. The number of hydrogen-bond acceptors (Lipinski definition) is 4. The number of carbonyl (C=O) groups excluding carboxylic acids is 1. The average Bonchev–Trinajstić information content (AvgIpc) is 2.84. The van der Waals surface area contributed by atoms with Crippen molar-refractivity contribution in [1.82, 2.24) is 4.90 Å². The second-order valence-corrected chi connectivity index (χ2v) is 4.83. The predicted octanol–water partition coefficient (Wildman–Crippen LogP) is 1.06. The van der Waals surface area contributed by atoms with Crippen LogP contribution in [0, 0.1) is 6.92 Å². The van der Waals surface area contributed by atoms with Crippen molar-refractivity contribution in [2.45, 2.75) is 19.1 Å². The Bertz CT molecular complexity index is 464. The summed E-state index contributed by atoms with van der Waals surface area (Å²) in [5.74, 6) is -0.0219. The Morgan fingerprint density at radius 2 is 1.84 bits per heavy atom. The van der Waals surface area contributed by atoms with Gasteiger partial charge in [-0.05, 0) is 24.6 Å². The molecule has 1 saturated heterocycles. The molecule has 2 atom stereocenters. The van der Waals surface area contributed by atoms with Crippen LogP contribution in [-0.2, 0) is 9.47 Å². The maximum atomic E-state index is 12.5. The highest BCUT2D eigenvalue weighted by atomic mass is 16.5. The number of amides is 1. The van der Waals surface area contributed by atoms with Crippen molar-refractivity contribution in [2.75, 3.05) is 33.0 Å². The SMILES string of the molecule is COC1CN(C(=O)c2cc(N)ccc2C)CC1OC. The highest BCUT2D eigenvalue weighted by Gasteiger charge is 2.36. The van der Waals surface area contributed by atoms with Crippen LogP contribution < -0.4 is 5.73 Å². The number of hydrogen-bond donors (Lipinski definition) is 1. The van der Waals surface area contributed by atoms with Crippen molar-refractivity contribution >= 4 is 11.6 Å². The molecule has 1 aromatic carbocycles. The van der Waals surface area contributed by atoms with E-state index in [-0.39, 0.29) is 18.1 Å². The van der Waals surface area contributed by atoms with E-state index in [9.17, 15) is 4.79 Å². The topological polar surface area (TPSA) is 64.8 Å². The Labute approximate surface area is 113 Å². The van der Waals surface area contributed by atoms with Gasteiger partial charge in [-0.3, -0.25) is 4.79 Å². The number of carbonyl (C=O) groups is 1. The maximum absolute atomic E-state index is 12.5. The Morgan fingerprint density at radius 3 is 2.37 bits per heavy atom. The molecule has 2 rings (SSSR count). The molecule has 0 bridgehead atoms. The summed E-state index contributed by atoms with van der Waals surface area (Å²) in [6, 6.07) is 5.38. The lowest BCUT2D eigenvalue weighted by Gasteiger charge is -2.17. The van der Waals surface area contributed by atoms with Gasteiger partial charge >= 0.3 is 0 Å². The second kappa shape index (κ2) is 5.59. The minimum Gasteiger partial charge on any atom is -0.399 e. The number of aryl methyl sites for hydroxylation is 1. The molecule has 0 aliphatic carbocycles. The van der Waals surface area contributed by atoms with Gasteiger partial charge in [-0.15, -0.1) is 0 Å². The molecule has 5 nitrogen and oxygen atoms in total. The Kier molecular flexibility index (Phi) is 4.07. The molecule has 1 aliphatic rings. The van der Waals surface area contributed by atoms with Gasteiger partial charge in [-0.2, -0.15) is 0 Å². The molecule has 0 radical (unpaired) electrons. The molecule has 1 aromatic rings. The Morgan fingerprint density at radius 1 is 1.26 bits per heavy atom. The Hall–Kier alpha value is -1.59. The highest BCUT2D eigenvalue weighted by molar-refractivity contribution is 5.96. The van der Waals surface area contributed by atoms with Crippen molar-refractivity contribution in [3.63, 3.8) is 0 Å². The molecule has 0 aromatic heterocycles. The van der Waals surface area contributed by atoms with Gasteiger partial charge in [0.2, 0.25) is 0 Å². The van der Waals surface area contributed by atoms with Gasteiger partial charge in [0.1, 0.15) is 12.2 Å². The summed E-state index contributed by atoms with van der Waals surface area (Å²) in [5.41, 5.74) is 7.92. The van der Waals surface area contributed by atoms with Crippen LogP contribution in [0.4, 0.5) is 5.69 Å². The summed E-state index contributed by atoms with van der Waals surface area (Å²) < 4.78 is 10.7. The summed E-state index contributed by atoms with van der Waals surface area (Å²) in [6.07, 6.45) is -0.148. The number of nitrogens with zero attached hydrogens (tertiary/aromatic N) is 1. The van der Waals surface area contributed by atoms with Crippen molar-refractivity contribution in [2.24, 2.45) is 0 Å². The van der Waals surface area contributed by atoms with Gasteiger partial charge in [0, 0.05) is 38.6 Å². The van der Waals surface area contributed by atoms with Crippen LogP contribution >= 0.6 is 0 Å². The first-order valence-corrected chi connectivity index (χ1v) is 6.27. The molecule has 0 spiro atoms. The number of nitrogen functional groups attached to an aromatic ring is 1. The third-order valence-electron chi connectivity index (χ3n) is 3.60. The van der Waals surface area contributed by atoms with Gasteiger partial charge in [-0.25, -0.2) is 0 Å². The van der Waals surface area contributed by atoms with Gasteiger partial charge < -0.3 is 20.1 Å². The summed E-state index contributed by atoms with van der Waals surface area (Å²) in [5, 5.41) is 0. The van der Waals surface area contributed by atoms with Crippen molar-refractivity contribution in [1.29, 1.82) is 0 Å². The molecule has 5 heteroatoms. The summed E-state index contributed by atoms with van der Waals surface area (Å²) in [6.45, 7) is 2.99. The summed E-state index contributed by atoms with van der Waals surface area (Å²) in [4.78, 5) is 14.3. The normalized spacial score (nSPS) is 22.8. The smallest absolute Gasteiger partial charge is 0.254 e. The molecular weight excluding hydrogens is 244 g/mol. The van der Waals surface area contributed by atoms with E-state index in [1.54, 1.807) is 31.3 Å². The zero-order valence-electron chi connectivity index (χ0n) is 11.6. The van der Waals surface area contributed by atoms with Crippen LogP contribution in [0.15, 0.2) is 18.2 Å². The van der Waals surface area contributed by atoms with Crippen molar-refractivity contribution < 1.29 is 14.3 Å². The third kappa shape index (κ3) is 2.72. The molecule has 0 saturated carbocycles. The van der Waals surface area contributed by atoms with Crippen LogP contribution in [0.1, 0.15) is 15.9 Å². The van der Waals surface area contributed by atoms with Gasteiger partial charge in [0.05, 0.1) is 0 Å². The molecule has 19 heavy (non-hydrogen) atoms. The molecule has 1 amide bonds. The van der Waals surface area contributed by atoms with Crippen LogP contribution in [-0.4, -0.2) is 50.3 Å². The van der Waals surface area contributed by atoms with E-state index in [1.165, 1.54) is 0 Å². The van der Waals surface area contributed by atoms with Crippen molar-refractivity contribution in [3.8, 4) is 0 Å².